The number of hydrogen-bond donors (Lipinski definition) is 1. The second-order valence-electron chi connectivity index (χ2n) is 1.63. The lowest BCUT2D eigenvalue weighted by Gasteiger charge is -1.93. The summed E-state index contributed by atoms with van der Waals surface area (Å²) in [7, 11) is 0. The summed E-state index contributed by atoms with van der Waals surface area (Å²) >= 11 is 0. The fourth-order valence-electron chi connectivity index (χ4n) is 0.513. The SMILES string of the molecule is C#CCOc1ccn(N)n1. The number of rotatable bonds is 2. The van der Waals surface area contributed by atoms with E-state index in [1.807, 2.05) is 0 Å². The Labute approximate surface area is 58.6 Å². The number of aromatic nitrogens is 2. The van der Waals surface area contributed by atoms with Crippen molar-refractivity contribution in [2.24, 2.45) is 0 Å². The number of nitrogens with zero attached hydrogens (tertiary/aromatic N) is 2. The lowest BCUT2D eigenvalue weighted by Crippen LogP contribution is -2.08. The molecule has 0 aliphatic heterocycles. The van der Waals surface area contributed by atoms with E-state index in [1.165, 1.54) is 0 Å². The van der Waals surface area contributed by atoms with Gasteiger partial charge in [-0.3, -0.25) is 0 Å². The molecule has 0 aliphatic carbocycles. The van der Waals surface area contributed by atoms with E-state index in [0.29, 0.717) is 5.88 Å². The zero-order valence-corrected chi connectivity index (χ0v) is 5.32. The third-order valence-electron chi connectivity index (χ3n) is 0.887. The van der Waals surface area contributed by atoms with Crippen molar-refractivity contribution in [2.45, 2.75) is 0 Å². The Balaban J connectivity index is 2.52. The van der Waals surface area contributed by atoms with Crippen molar-refractivity contribution in [3.05, 3.63) is 12.3 Å². The van der Waals surface area contributed by atoms with Crippen LogP contribution in [-0.4, -0.2) is 16.5 Å². The zero-order chi connectivity index (χ0) is 7.40. The van der Waals surface area contributed by atoms with Gasteiger partial charge in [0.25, 0.3) is 0 Å². The molecule has 1 aromatic rings. The summed E-state index contributed by atoms with van der Waals surface area (Å²) in [6, 6.07) is 1.64. The molecule has 52 valence electrons. The first-order valence-corrected chi connectivity index (χ1v) is 2.70. The lowest BCUT2D eigenvalue weighted by atomic mass is 10.7. The summed E-state index contributed by atoms with van der Waals surface area (Å²) in [6.07, 6.45) is 6.52. The van der Waals surface area contributed by atoms with Gasteiger partial charge in [0, 0.05) is 6.07 Å². The van der Waals surface area contributed by atoms with Crippen molar-refractivity contribution in [2.75, 3.05) is 12.4 Å². The summed E-state index contributed by atoms with van der Waals surface area (Å²) in [5.74, 6) is 7.98. The maximum atomic E-state index is 5.22. The van der Waals surface area contributed by atoms with Gasteiger partial charge in [-0.15, -0.1) is 11.5 Å². The summed E-state index contributed by atoms with van der Waals surface area (Å²) in [5.41, 5.74) is 0. The molecule has 0 atom stereocenters. The fraction of sp³-hybridized carbons (Fsp3) is 0.167. The maximum Gasteiger partial charge on any atom is 0.235 e. The van der Waals surface area contributed by atoms with Crippen LogP contribution in [0, 0.1) is 12.3 Å². The summed E-state index contributed by atoms with van der Waals surface area (Å²) in [6.45, 7) is 0.219. The van der Waals surface area contributed by atoms with E-state index in [2.05, 4.69) is 11.0 Å². The van der Waals surface area contributed by atoms with Crippen molar-refractivity contribution in [1.82, 2.24) is 9.89 Å². The number of nitrogen functional groups attached to an aromatic ring is 1. The molecule has 0 radical (unpaired) electrons. The molecule has 4 heteroatoms. The highest BCUT2D eigenvalue weighted by Crippen LogP contribution is 2.01. The van der Waals surface area contributed by atoms with Gasteiger partial charge in [-0.1, -0.05) is 5.92 Å². The highest BCUT2D eigenvalue weighted by atomic mass is 16.5. The molecule has 10 heavy (non-hydrogen) atoms. The first-order chi connectivity index (χ1) is 4.83. The van der Waals surface area contributed by atoms with E-state index < -0.39 is 0 Å². The van der Waals surface area contributed by atoms with E-state index >= 15 is 0 Å². The van der Waals surface area contributed by atoms with Crippen LogP contribution in [0.4, 0.5) is 0 Å². The molecule has 1 aromatic heterocycles. The second kappa shape index (κ2) is 2.78. The standard InChI is InChI=1S/C6H7N3O/c1-2-5-10-6-3-4-9(7)8-6/h1,3-4H,5,7H2. The summed E-state index contributed by atoms with van der Waals surface area (Å²) < 4.78 is 4.93. The van der Waals surface area contributed by atoms with Gasteiger partial charge in [0.1, 0.15) is 0 Å². The van der Waals surface area contributed by atoms with Gasteiger partial charge < -0.3 is 10.6 Å². The lowest BCUT2D eigenvalue weighted by molar-refractivity contribution is 0.352. The average Bonchev–Trinajstić information content (AvgIpc) is 2.31. The van der Waals surface area contributed by atoms with Crippen LogP contribution < -0.4 is 10.6 Å². The van der Waals surface area contributed by atoms with Crippen LogP contribution in [0.15, 0.2) is 12.3 Å². The van der Waals surface area contributed by atoms with E-state index in [1.54, 1.807) is 12.3 Å². The minimum absolute atomic E-state index is 0.219. The normalized spacial score (nSPS) is 8.70. The molecule has 0 aliphatic rings. The largest absolute Gasteiger partial charge is 0.463 e. The monoisotopic (exact) mass is 137 g/mol. The molecule has 0 saturated heterocycles. The van der Waals surface area contributed by atoms with Crippen LogP contribution in [-0.2, 0) is 0 Å². The van der Waals surface area contributed by atoms with Gasteiger partial charge >= 0.3 is 0 Å². The van der Waals surface area contributed by atoms with Gasteiger partial charge in [-0.05, 0) is 0 Å². The molecule has 0 bridgehead atoms. The van der Waals surface area contributed by atoms with E-state index in [-0.39, 0.29) is 6.61 Å². The third-order valence-corrected chi connectivity index (χ3v) is 0.887. The summed E-state index contributed by atoms with van der Waals surface area (Å²) in [4.78, 5) is 1.16. The smallest absolute Gasteiger partial charge is 0.235 e. The van der Waals surface area contributed by atoms with Gasteiger partial charge in [0.2, 0.25) is 5.88 Å². The van der Waals surface area contributed by atoms with E-state index in [4.69, 9.17) is 17.0 Å². The number of terminal acetylenes is 1. The average molecular weight is 137 g/mol. The van der Waals surface area contributed by atoms with Crippen molar-refractivity contribution in [3.8, 4) is 18.2 Å². The van der Waals surface area contributed by atoms with Gasteiger partial charge in [0.15, 0.2) is 6.61 Å². The third kappa shape index (κ3) is 1.42. The van der Waals surface area contributed by atoms with Crippen molar-refractivity contribution in [1.29, 1.82) is 0 Å². The van der Waals surface area contributed by atoms with E-state index in [0.717, 1.165) is 4.79 Å². The molecule has 2 N–H and O–H groups in total. The molecule has 0 spiro atoms. The second-order valence-corrected chi connectivity index (χ2v) is 1.63. The summed E-state index contributed by atoms with van der Waals surface area (Å²) in [5, 5.41) is 3.72. The highest BCUT2D eigenvalue weighted by molar-refractivity contribution is 5.06. The van der Waals surface area contributed by atoms with E-state index in [9.17, 15) is 0 Å². The van der Waals surface area contributed by atoms with Crippen molar-refractivity contribution in [3.63, 3.8) is 0 Å². The van der Waals surface area contributed by atoms with Crippen LogP contribution in [0.5, 0.6) is 5.88 Å². The molecular formula is C6H7N3O. The van der Waals surface area contributed by atoms with Crippen LogP contribution in [0.2, 0.25) is 0 Å². The molecule has 0 saturated carbocycles. The van der Waals surface area contributed by atoms with Crippen LogP contribution >= 0.6 is 0 Å². The zero-order valence-electron chi connectivity index (χ0n) is 5.32. The molecule has 0 amide bonds. The van der Waals surface area contributed by atoms with Gasteiger partial charge in [0.05, 0.1) is 6.20 Å². The molecule has 1 rings (SSSR count). The minimum atomic E-state index is 0.219. The van der Waals surface area contributed by atoms with Crippen molar-refractivity contribution >= 4 is 0 Å². The topological polar surface area (TPSA) is 53.1 Å². The van der Waals surface area contributed by atoms with Crippen LogP contribution in [0.3, 0.4) is 0 Å². The Bertz CT molecular complexity index is 248. The minimum Gasteiger partial charge on any atom is -0.463 e. The Morgan fingerprint density at radius 3 is 3.20 bits per heavy atom. The Hall–Kier alpha value is -1.63. The highest BCUT2D eigenvalue weighted by Gasteiger charge is 1.93. The predicted molar refractivity (Wildman–Crippen MR) is 36.7 cm³/mol. The number of nitrogens with two attached hydrogens (primary N) is 1. The predicted octanol–water partition coefficient (Wildman–Crippen LogP) is -0.391. The van der Waals surface area contributed by atoms with Gasteiger partial charge in [-0.2, -0.15) is 4.79 Å². The molecule has 0 aromatic carbocycles. The number of hydrogen-bond acceptors (Lipinski definition) is 3. The molecular weight excluding hydrogens is 130 g/mol. The first kappa shape index (κ1) is 6.49. The Kier molecular flexibility index (Phi) is 1.80. The maximum absolute atomic E-state index is 5.22. The molecule has 0 unspecified atom stereocenters. The quantitative estimate of drug-likeness (QED) is 0.446. The first-order valence-electron chi connectivity index (χ1n) is 2.70. The molecule has 1 heterocycles. The Morgan fingerprint density at radius 1 is 1.90 bits per heavy atom. The molecule has 0 fully saturated rings. The van der Waals surface area contributed by atoms with Crippen LogP contribution in [0.25, 0.3) is 0 Å². The Morgan fingerprint density at radius 2 is 2.70 bits per heavy atom. The molecule has 4 nitrogen and oxygen atoms in total. The van der Waals surface area contributed by atoms with Gasteiger partial charge in [-0.25, -0.2) is 0 Å². The fourth-order valence-corrected chi connectivity index (χ4v) is 0.513. The van der Waals surface area contributed by atoms with Crippen LogP contribution in [0.1, 0.15) is 0 Å². The van der Waals surface area contributed by atoms with Crippen molar-refractivity contribution < 1.29 is 4.74 Å². The number of ether oxygens (including phenoxy) is 1.